The van der Waals surface area contributed by atoms with Gasteiger partial charge in [-0.25, -0.2) is 9.18 Å². The van der Waals surface area contributed by atoms with Crippen LogP contribution in [-0.4, -0.2) is 18.2 Å². The van der Waals surface area contributed by atoms with Gasteiger partial charge in [-0.1, -0.05) is 12.0 Å². The molecule has 0 aromatic heterocycles. The number of ether oxygens (including phenoxy) is 1. The number of benzene rings is 1. The summed E-state index contributed by atoms with van der Waals surface area (Å²) in [5.74, 6) is 2.10. The summed E-state index contributed by atoms with van der Waals surface area (Å²) in [7, 11) is 1.33. The Morgan fingerprint density at radius 1 is 1.57 bits per heavy atom. The Bertz CT molecular complexity index is 415. The predicted octanol–water partition coefficient (Wildman–Crippen LogP) is 1.27. The first-order valence-electron chi connectivity index (χ1n) is 3.72. The van der Waals surface area contributed by atoms with Crippen LogP contribution in [0.4, 0.5) is 4.39 Å². The van der Waals surface area contributed by atoms with Gasteiger partial charge in [-0.2, -0.15) is 0 Å². The smallest absolute Gasteiger partial charge is 0.382 e. The molecule has 0 fully saturated rings. The number of carboxylic acid groups (broad SMARTS) is 1. The Labute approximate surface area is 80.1 Å². The van der Waals surface area contributed by atoms with Crippen LogP contribution in [0.2, 0.25) is 0 Å². The van der Waals surface area contributed by atoms with E-state index in [1.807, 2.05) is 5.92 Å². The van der Waals surface area contributed by atoms with E-state index >= 15 is 0 Å². The van der Waals surface area contributed by atoms with Gasteiger partial charge in [0.25, 0.3) is 0 Å². The highest BCUT2D eigenvalue weighted by Crippen LogP contribution is 2.18. The van der Waals surface area contributed by atoms with Gasteiger partial charge in [0.05, 0.1) is 12.7 Å². The van der Waals surface area contributed by atoms with Crippen molar-refractivity contribution in [2.75, 3.05) is 7.11 Å². The summed E-state index contributed by atoms with van der Waals surface area (Å²) in [5.41, 5.74) is 0.00625. The molecule has 0 atom stereocenters. The minimum absolute atomic E-state index is 0.00625. The number of carbonyl (C=O) groups is 1. The number of rotatable bonds is 1. The lowest BCUT2D eigenvalue weighted by molar-refractivity contribution is -0.130. The number of halogens is 1. The zero-order valence-electron chi connectivity index (χ0n) is 7.37. The van der Waals surface area contributed by atoms with Crippen LogP contribution in [0.15, 0.2) is 18.2 Å². The Kier molecular flexibility index (Phi) is 3.08. The van der Waals surface area contributed by atoms with Crippen LogP contribution in [0.25, 0.3) is 0 Å². The van der Waals surface area contributed by atoms with E-state index in [0.717, 1.165) is 0 Å². The standard InChI is InChI=1S/C10H7FO3/c1-14-8-4-2-3-7(10(8)11)5-6-9(12)13/h2-4H,1H3,(H,12,13). The fourth-order valence-electron chi connectivity index (χ4n) is 0.886. The second-order valence-electron chi connectivity index (χ2n) is 2.38. The Balaban J connectivity index is 3.12. The zero-order chi connectivity index (χ0) is 10.6. The molecule has 1 aromatic carbocycles. The maximum absolute atomic E-state index is 13.3. The van der Waals surface area contributed by atoms with E-state index in [1.165, 1.54) is 25.3 Å². The molecule has 0 spiro atoms. The largest absolute Gasteiger partial charge is 0.494 e. The second-order valence-corrected chi connectivity index (χ2v) is 2.38. The van der Waals surface area contributed by atoms with Crippen molar-refractivity contribution in [2.45, 2.75) is 0 Å². The molecule has 3 nitrogen and oxygen atoms in total. The van der Waals surface area contributed by atoms with Crippen molar-refractivity contribution in [3.05, 3.63) is 29.6 Å². The van der Waals surface area contributed by atoms with Crippen LogP contribution < -0.4 is 4.74 Å². The van der Waals surface area contributed by atoms with Crippen LogP contribution in [0.5, 0.6) is 5.75 Å². The van der Waals surface area contributed by atoms with E-state index in [2.05, 4.69) is 5.92 Å². The summed E-state index contributed by atoms with van der Waals surface area (Å²) in [4.78, 5) is 10.1. The average Bonchev–Trinajstić information content (AvgIpc) is 2.16. The molecule has 1 rings (SSSR count). The topological polar surface area (TPSA) is 46.5 Å². The molecule has 0 saturated carbocycles. The van der Waals surface area contributed by atoms with Crippen molar-refractivity contribution in [1.82, 2.24) is 0 Å². The van der Waals surface area contributed by atoms with Crippen molar-refractivity contribution in [3.8, 4) is 17.6 Å². The van der Waals surface area contributed by atoms with Gasteiger partial charge in [-0.15, -0.1) is 0 Å². The van der Waals surface area contributed by atoms with E-state index in [-0.39, 0.29) is 11.3 Å². The second kappa shape index (κ2) is 4.28. The highest BCUT2D eigenvalue weighted by atomic mass is 19.1. The van der Waals surface area contributed by atoms with Crippen molar-refractivity contribution < 1.29 is 19.0 Å². The van der Waals surface area contributed by atoms with Gasteiger partial charge in [0.2, 0.25) is 0 Å². The van der Waals surface area contributed by atoms with Crippen LogP contribution in [-0.2, 0) is 4.79 Å². The minimum Gasteiger partial charge on any atom is -0.494 e. The maximum Gasteiger partial charge on any atom is 0.382 e. The van der Waals surface area contributed by atoms with Gasteiger partial charge in [-0.3, -0.25) is 0 Å². The molecule has 0 bridgehead atoms. The molecule has 0 aliphatic carbocycles. The van der Waals surface area contributed by atoms with Gasteiger partial charge < -0.3 is 9.84 Å². The van der Waals surface area contributed by atoms with Gasteiger partial charge >= 0.3 is 5.97 Å². The third kappa shape index (κ3) is 2.23. The van der Waals surface area contributed by atoms with Gasteiger partial charge in [-0.05, 0) is 12.1 Å². The molecule has 0 amide bonds. The fourth-order valence-corrected chi connectivity index (χ4v) is 0.886. The van der Waals surface area contributed by atoms with E-state index < -0.39 is 11.8 Å². The molecule has 72 valence electrons. The number of methoxy groups -OCH3 is 1. The van der Waals surface area contributed by atoms with Gasteiger partial charge in [0.15, 0.2) is 11.6 Å². The van der Waals surface area contributed by atoms with Gasteiger partial charge in [0.1, 0.15) is 0 Å². The molecule has 1 N–H and O–H groups in total. The Morgan fingerprint density at radius 3 is 2.86 bits per heavy atom. The summed E-state index contributed by atoms with van der Waals surface area (Å²) in [6.45, 7) is 0. The quantitative estimate of drug-likeness (QED) is 0.685. The highest BCUT2D eigenvalue weighted by Gasteiger charge is 2.05. The molecule has 0 aliphatic rings. The van der Waals surface area contributed by atoms with Crippen LogP contribution in [0, 0.1) is 17.7 Å². The fraction of sp³-hybridized carbons (Fsp3) is 0.100. The Hall–Kier alpha value is -2.02. The summed E-state index contributed by atoms with van der Waals surface area (Å²) in [6, 6.07) is 4.35. The van der Waals surface area contributed by atoms with Crippen molar-refractivity contribution in [2.24, 2.45) is 0 Å². The van der Waals surface area contributed by atoms with E-state index in [1.54, 1.807) is 0 Å². The summed E-state index contributed by atoms with van der Waals surface area (Å²) >= 11 is 0. The molecule has 0 aliphatic heterocycles. The minimum atomic E-state index is -1.30. The summed E-state index contributed by atoms with van der Waals surface area (Å²) in [6.07, 6.45) is 0. The SMILES string of the molecule is COc1cccc(C#CC(=O)O)c1F. The molecular formula is C10H7FO3. The van der Waals surface area contributed by atoms with Crippen molar-refractivity contribution in [1.29, 1.82) is 0 Å². The first-order valence-corrected chi connectivity index (χ1v) is 3.72. The third-order valence-corrected chi connectivity index (χ3v) is 1.49. The number of carboxylic acids is 1. The van der Waals surface area contributed by atoms with Crippen LogP contribution in [0.1, 0.15) is 5.56 Å². The number of aliphatic carboxylic acids is 1. The van der Waals surface area contributed by atoms with Crippen molar-refractivity contribution >= 4 is 5.97 Å². The highest BCUT2D eigenvalue weighted by molar-refractivity contribution is 5.87. The average molecular weight is 194 g/mol. The Morgan fingerprint density at radius 2 is 2.29 bits per heavy atom. The van der Waals surface area contributed by atoms with E-state index in [9.17, 15) is 9.18 Å². The molecule has 14 heavy (non-hydrogen) atoms. The molecule has 0 unspecified atom stereocenters. The molecule has 0 radical (unpaired) electrons. The normalized spacial score (nSPS) is 8.71. The third-order valence-electron chi connectivity index (χ3n) is 1.49. The lowest BCUT2D eigenvalue weighted by atomic mass is 10.2. The first-order chi connectivity index (χ1) is 6.65. The predicted molar refractivity (Wildman–Crippen MR) is 47.5 cm³/mol. The van der Waals surface area contributed by atoms with E-state index in [0.29, 0.717) is 0 Å². The molecule has 1 aromatic rings. The number of hydrogen-bond donors (Lipinski definition) is 1. The maximum atomic E-state index is 13.3. The summed E-state index contributed by atoms with van der Waals surface area (Å²) in [5, 5.41) is 8.26. The van der Waals surface area contributed by atoms with Crippen LogP contribution in [0.3, 0.4) is 0 Å². The van der Waals surface area contributed by atoms with Crippen molar-refractivity contribution in [3.63, 3.8) is 0 Å². The molecule has 0 saturated heterocycles. The lowest BCUT2D eigenvalue weighted by Crippen LogP contribution is -1.92. The monoisotopic (exact) mass is 194 g/mol. The first kappa shape index (κ1) is 10.1. The summed E-state index contributed by atoms with van der Waals surface area (Å²) < 4.78 is 18.0. The molecule has 4 heteroatoms. The van der Waals surface area contributed by atoms with Crippen LogP contribution >= 0.6 is 0 Å². The molecular weight excluding hydrogens is 187 g/mol. The zero-order valence-corrected chi connectivity index (χ0v) is 7.37. The van der Waals surface area contributed by atoms with E-state index in [4.69, 9.17) is 9.84 Å². The molecule has 0 heterocycles. The van der Waals surface area contributed by atoms with Gasteiger partial charge in [0, 0.05) is 5.92 Å². The lowest BCUT2D eigenvalue weighted by Gasteiger charge is -2.01. The number of hydrogen-bond acceptors (Lipinski definition) is 2.